The number of hydrazone groups is 1. The van der Waals surface area contributed by atoms with Crippen LogP contribution in [0.15, 0.2) is 48.2 Å². The number of fused-ring (bicyclic) bond motifs is 1. The Morgan fingerprint density at radius 3 is 3.00 bits per heavy atom. The number of hydrogen-bond acceptors (Lipinski definition) is 2. The van der Waals surface area contributed by atoms with Crippen molar-refractivity contribution in [1.82, 2.24) is 15.3 Å². The molecule has 5 heteroatoms. The minimum absolute atomic E-state index is 0.486. The third-order valence-corrected chi connectivity index (χ3v) is 3.17. The van der Waals surface area contributed by atoms with Gasteiger partial charge >= 0.3 is 0 Å². The molecule has 0 fully saturated rings. The van der Waals surface area contributed by atoms with Crippen molar-refractivity contribution in [3.8, 4) is 0 Å². The highest BCUT2D eigenvalue weighted by molar-refractivity contribution is 7.80. The highest BCUT2D eigenvalue weighted by Gasteiger charge is 2.04. The van der Waals surface area contributed by atoms with Crippen LogP contribution < -0.4 is 10.7 Å². The van der Waals surface area contributed by atoms with Crippen molar-refractivity contribution in [2.75, 3.05) is 6.54 Å². The first kappa shape index (κ1) is 14.3. The molecule has 1 aromatic carbocycles. The quantitative estimate of drug-likeness (QED) is 0.384. The molecule has 4 nitrogen and oxygen atoms in total. The van der Waals surface area contributed by atoms with Gasteiger partial charge in [0.25, 0.3) is 0 Å². The van der Waals surface area contributed by atoms with Crippen LogP contribution in [0.4, 0.5) is 0 Å². The molecule has 0 bridgehead atoms. The van der Waals surface area contributed by atoms with Crippen LogP contribution >= 0.6 is 12.2 Å². The predicted octanol–water partition coefficient (Wildman–Crippen LogP) is 2.65. The molecule has 0 saturated heterocycles. The maximum absolute atomic E-state index is 5.07. The van der Waals surface area contributed by atoms with Crippen LogP contribution in [0.2, 0.25) is 0 Å². The van der Waals surface area contributed by atoms with Gasteiger partial charge < -0.3 is 9.88 Å². The van der Waals surface area contributed by atoms with Crippen LogP contribution in [-0.2, 0) is 6.54 Å². The lowest BCUT2D eigenvalue weighted by molar-refractivity contribution is 0.797. The number of nitrogens with zero attached hydrogens (tertiary/aromatic N) is 2. The van der Waals surface area contributed by atoms with E-state index in [0.29, 0.717) is 11.7 Å². The van der Waals surface area contributed by atoms with E-state index in [-0.39, 0.29) is 0 Å². The summed E-state index contributed by atoms with van der Waals surface area (Å²) in [6, 6.07) is 8.28. The van der Waals surface area contributed by atoms with Gasteiger partial charge in [0.15, 0.2) is 5.11 Å². The van der Waals surface area contributed by atoms with Gasteiger partial charge in [-0.1, -0.05) is 24.3 Å². The molecule has 0 radical (unpaired) electrons. The summed E-state index contributed by atoms with van der Waals surface area (Å²) in [5.41, 5.74) is 5.07. The van der Waals surface area contributed by atoms with E-state index in [1.807, 2.05) is 12.1 Å². The smallest absolute Gasteiger partial charge is 0.187 e. The van der Waals surface area contributed by atoms with Crippen molar-refractivity contribution >= 4 is 34.4 Å². The molecule has 0 aliphatic heterocycles. The number of aromatic nitrogens is 1. The standard InChI is InChI=1S/C15H18N4S/c1-3-9-16-15(20)18-17-10-12-11-19(4-2)14-8-6-5-7-13(12)14/h3,5-8,10-11H,1,4,9H2,2H3,(H2,16,18,20)/b17-10+. The molecule has 1 aromatic heterocycles. The van der Waals surface area contributed by atoms with Gasteiger partial charge in [-0.3, -0.25) is 5.43 Å². The van der Waals surface area contributed by atoms with E-state index in [9.17, 15) is 0 Å². The Kier molecular flexibility index (Phi) is 4.90. The van der Waals surface area contributed by atoms with Crippen molar-refractivity contribution in [1.29, 1.82) is 0 Å². The fourth-order valence-corrected chi connectivity index (χ4v) is 2.14. The maximum Gasteiger partial charge on any atom is 0.187 e. The van der Waals surface area contributed by atoms with Crippen LogP contribution in [0.5, 0.6) is 0 Å². The minimum atomic E-state index is 0.486. The van der Waals surface area contributed by atoms with Gasteiger partial charge in [0, 0.05) is 35.8 Å². The zero-order valence-corrected chi connectivity index (χ0v) is 12.3. The molecule has 1 heterocycles. The maximum atomic E-state index is 5.07. The third-order valence-electron chi connectivity index (χ3n) is 2.94. The molecule has 0 aliphatic rings. The molecule has 0 atom stereocenters. The van der Waals surface area contributed by atoms with E-state index in [2.05, 4.69) is 52.2 Å². The van der Waals surface area contributed by atoms with E-state index in [1.165, 1.54) is 10.9 Å². The Morgan fingerprint density at radius 2 is 2.25 bits per heavy atom. The number of benzene rings is 1. The molecule has 2 rings (SSSR count). The number of thiocarbonyl (C=S) groups is 1. The summed E-state index contributed by atoms with van der Waals surface area (Å²) in [5, 5.41) is 8.79. The average Bonchev–Trinajstić information content (AvgIpc) is 2.83. The molecule has 2 N–H and O–H groups in total. The summed E-state index contributed by atoms with van der Waals surface area (Å²) >= 11 is 5.07. The molecule has 0 unspecified atom stereocenters. The molecule has 2 aromatic rings. The monoisotopic (exact) mass is 286 g/mol. The van der Waals surface area contributed by atoms with Crippen LogP contribution in [-0.4, -0.2) is 22.4 Å². The van der Waals surface area contributed by atoms with Crippen LogP contribution in [0.3, 0.4) is 0 Å². The van der Waals surface area contributed by atoms with Gasteiger partial charge in [-0.15, -0.1) is 6.58 Å². The van der Waals surface area contributed by atoms with Crippen LogP contribution in [0.25, 0.3) is 10.9 Å². The summed E-state index contributed by atoms with van der Waals surface area (Å²) < 4.78 is 2.20. The summed E-state index contributed by atoms with van der Waals surface area (Å²) in [6.45, 7) is 7.29. The lowest BCUT2D eigenvalue weighted by Crippen LogP contribution is -2.31. The number of rotatable bonds is 5. The fraction of sp³-hybridized carbons (Fsp3) is 0.200. The third kappa shape index (κ3) is 3.24. The molecule has 20 heavy (non-hydrogen) atoms. The Bertz CT molecular complexity index is 642. The fourth-order valence-electron chi connectivity index (χ4n) is 2.00. The number of hydrogen-bond donors (Lipinski definition) is 2. The first-order chi connectivity index (χ1) is 9.76. The zero-order chi connectivity index (χ0) is 14.4. The second-order valence-electron chi connectivity index (χ2n) is 4.26. The summed E-state index contributed by atoms with van der Waals surface area (Å²) in [4.78, 5) is 0. The number of nitrogens with one attached hydrogen (secondary N) is 2. The molecule has 0 spiro atoms. The Balaban J connectivity index is 2.13. The first-order valence-corrected chi connectivity index (χ1v) is 6.92. The van der Waals surface area contributed by atoms with Crippen molar-refractivity contribution in [2.24, 2.45) is 5.10 Å². The van der Waals surface area contributed by atoms with Gasteiger partial charge in [0.05, 0.1) is 6.21 Å². The zero-order valence-electron chi connectivity index (χ0n) is 11.5. The van der Waals surface area contributed by atoms with Gasteiger partial charge in [-0.2, -0.15) is 5.10 Å². The van der Waals surface area contributed by atoms with Crippen molar-refractivity contribution in [3.63, 3.8) is 0 Å². The Labute approximate surface area is 124 Å². The molecule has 104 valence electrons. The highest BCUT2D eigenvalue weighted by atomic mass is 32.1. The van der Waals surface area contributed by atoms with E-state index < -0.39 is 0 Å². The molecule has 0 aliphatic carbocycles. The number of para-hydroxylation sites is 1. The first-order valence-electron chi connectivity index (χ1n) is 6.52. The van der Waals surface area contributed by atoms with E-state index in [1.54, 1.807) is 12.3 Å². The Morgan fingerprint density at radius 1 is 1.45 bits per heavy atom. The molecule has 0 amide bonds. The molecular formula is C15H18N4S. The van der Waals surface area contributed by atoms with Gasteiger partial charge in [0.1, 0.15) is 0 Å². The summed E-state index contributed by atoms with van der Waals surface area (Å²) in [6.07, 6.45) is 5.62. The van der Waals surface area contributed by atoms with E-state index >= 15 is 0 Å². The van der Waals surface area contributed by atoms with E-state index in [4.69, 9.17) is 12.2 Å². The highest BCUT2D eigenvalue weighted by Crippen LogP contribution is 2.19. The second kappa shape index (κ2) is 6.86. The summed E-state index contributed by atoms with van der Waals surface area (Å²) in [7, 11) is 0. The van der Waals surface area contributed by atoms with Gasteiger partial charge in [0.2, 0.25) is 0 Å². The minimum Gasteiger partial charge on any atom is -0.358 e. The normalized spacial score (nSPS) is 10.8. The van der Waals surface area contributed by atoms with E-state index in [0.717, 1.165) is 12.1 Å². The van der Waals surface area contributed by atoms with Crippen molar-refractivity contribution < 1.29 is 0 Å². The molecule has 0 saturated carbocycles. The lowest BCUT2D eigenvalue weighted by atomic mass is 10.2. The number of aryl methyl sites for hydroxylation is 1. The Hall–Kier alpha value is -2.14. The topological polar surface area (TPSA) is 41.4 Å². The van der Waals surface area contributed by atoms with Crippen LogP contribution in [0, 0.1) is 0 Å². The van der Waals surface area contributed by atoms with Gasteiger partial charge in [-0.25, -0.2) is 0 Å². The van der Waals surface area contributed by atoms with Crippen LogP contribution in [0.1, 0.15) is 12.5 Å². The van der Waals surface area contributed by atoms with Crippen molar-refractivity contribution in [2.45, 2.75) is 13.5 Å². The second-order valence-corrected chi connectivity index (χ2v) is 4.66. The summed E-state index contributed by atoms with van der Waals surface area (Å²) in [5.74, 6) is 0. The largest absolute Gasteiger partial charge is 0.358 e. The van der Waals surface area contributed by atoms with Gasteiger partial charge in [-0.05, 0) is 25.2 Å². The SMILES string of the molecule is C=CCNC(=S)N/N=C/c1cn(CC)c2ccccc12. The molecular weight excluding hydrogens is 268 g/mol. The average molecular weight is 286 g/mol. The lowest BCUT2D eigenvalue weighted by Gasteiger charge is -2.02. The predicted molar refractivity (Wildman–Crippen MR) is 89.1 cm³/mol. The van der Waals surface area contributed by atoms with Crippen molar-refractivity contribution in [3.05, 3.63) is 48.7 Å².